The maximum absolute atomic E-state index is 13.3. The van der Waals surface area contributed by atoms with E-state index in [2.05, 4.69) is 6.58 Å². The fourth-order valence-electron chi connectivity index (χ4n) is 3.52. The average molecular weight is 470 g/mol. The molecular formula is C26H26F3N3O2. The van der Waals surface area contributed by atoms with E-state index < -0.39 is 17.6 Å². The molecule has 0 saturated carbocycles. The van der Waals surface area contributed by atoms with Gasteiger partial charge in [-0.2, -0.15) is 13.2 Å². The number of alkyl halides is 3. The summed E-state index contributed by atoms with van der Waals surface area (Å²) in [7, 11) is 1.89. The monoisotopic (exact) mass is 469 g/mol. The van der Waals surface area contributed by atoms with E-state index in [0.717, 1.165) is 35.5 Å². The zero-order valence-corrected chi connectivity index (χ0v) is 18.8. The Morgan fingerprint density at radius 3 is 2.18 bits per heavy atom. The first kappa shape index (κ1) is 24.8. The van der Waals surface area contributed by atoms with Crippen LogP contribution >= 0.6 is 0 Å². The lowest BCUT2D eigenvalue weighted by molar-refractivity contribution is -0.137. The number of hydrogen-bond acceptors (Lipinski definition) is 2. The number of halogens is 3. The molecule has 2 aromatic carbocycles. The highest BCUT2D eigenvalue weighted by molar-refractivity contribution is 5.96. The number of benzene rings is 2. The molecule has 178 valence electrons. The largest absolute Gasteiger partial charge is 0.416 e. The second kappa shape index (κ2) is 10.9. The molecule has 1 heterocycles. The summed E-state index contributed by atoms with van der Waals surface area (Å²) in [5.41, 5.74) is 1.09. The van der Waals surface area contributed by atoms with Gasteiger partial charge in [0.1, 0.15) is 6.54 Å². The van der Waals surface area contributed by atoms with Crippen LogP contribution in [0.2, 0.25) is 0 Å². The summed E-state index contributed by atoms with van der Waals surface area (Å²) < 4.78 is 40.5. The van der Waals surface area contributed by atoms with Gasteiger partial charge in [0.15, 0.2) is 0 Å². The minimum atomic E-state index is -4.49. The Bertz CT molecular complexity index is 1120. The predicted octanol–water partition coefficient (Wildman–Crippen LogP) is 4.90. The lowest BCUT2D eigenvalue weighted by atomic mass is 10.1. The number of rotatable bonds is 9. The van der Waals surface area contributed by atoms with E-state index >= 15 is 0 Å². The summed E-state index contributed by atoms with van der Waals surface area (Å²) in [6.07, 6.45) is -1.13. The van der Waals surface area contributed by atoms with Crippen molar-refractivity contribution in [3.8, 4) is 0 Å². The Balaban J connectivity index is 1.80. The van der Waals surface area contributed by atoms with Gasteiger partial charge in [-0.15, -0.1) is 6.58 Å². The van der Waals surface area contributed by atoms with Crippen molar-refractivity contribution in [2.75, 3.05) is 13.1 Å². The summed E-state index contributed by atoms with van der Waals surface area (Å²) in [6.45, 7) is 4.18. The van der Waals surface area contributed by atoms with Gasteiger partial charge < -0.3 is 14.4 Å². The summed E-state index contributed by atoms with van der Waals surface area (Å²) in [4.78, 5) is 29.3. The Labute approximate surface area is 196 Å². The van der Waals surface area contributed by atoms with Crippen molar-refractivity contribution in [3.05, 3.63) is 108 Å². The number of nitrogens with zero attached hydrogens (tertiary/aromatic N) is 3. The average Bonchev–Trinajstić information content (AvgIpc) is 3.22. The minimum absolute atomic E-state index is 0.0692. The molecule has 0 unspecified atom stereocenters. The predicted molar refractivity (Wildman–Crippen MR) is 124 cm³/mol. The molecule has 8 heteroatoms. The van der Waals surface area contributed by atoms with Crippen LogP contribution in [0.3, 0.4) is 0 Å². The zero-order chi connectivity index (χ0) is 24.7. The van der Waals surface area contributed by atoms with Crippen LogP contribution in [0.25, 0.3) is 0 Å². The Morgan fingerprint density at radius 2 is 1.62 bits per heavy atom. The van der Waals surface area contributed by atoms with Crippen LogP contribution in [0.1, 0.15) is 27.2 Å². The summed E-state index contributed by atoms with van der Waals surface area (Å²) in [5.74, 6) is -0.826. The van der Waals surface area contributed by atoms with Crippen molar-refractivity contribution in [3.63, 3.8) is 0 Å². The van der Waals surface area contributed by atoms with Crippen LogP contribution in [0.4, 0.5) is 13.2 Å². The van der Waals surface area contributed by atoms with Gasteiger partial charge >= 0.3 is 6.18 Å². The molecule has 3 aromatic rings. The third-order valence-corrected chi connectivity index (χ3v) is 5.40. The highest BCUT2D eigenvalue weighted by Crippen LogP contribution is 2.29. The van der Waals surface area contributed by atoms with Crippen LogP contribution in [-0.4, -0.2) is 39.3 Å². The molecule has 34 heavy (non-hydrogen) atoms. The van der Waals surface area contributed by atoms with Crippen molar-refractivity contribution in [2.45, 2.75) is 19.3 Å². The second-order valence-corrected chi connectivity index (χ2v) is 7.90. The number of carbonyl (C=O) groups is 2. The summed E-state index contributed by atoms with van der Waals surface area (Å²) in [5, 5.41) is 0. The quantitative estimate of drug-likeness (QED) is 0.419. The van der Waals surface area contributed by atoms with Crippen LogP contribution < -0.4 is 0 Å². The third kappa shape index (κ3) is 6.37. The molecule has 0 spiro atoms. The molecule has 0 saturated heterocycles. The molecular weight excluding hydrogens is 443 g/mol. The lowest BCUT2D eigenvalue weighted by Crippen LogP contribution is -2.42. The highest BCUT2D eigenvalue weighted by Gasteiger charge is 2.30. The fourth-order valence-corrected chi connectivity index (χ4v) is 3.52. The van der Waals surface area contributed by atoms with E-state index in [0.29, 0.717) is 13.1 Å². The van der Waals surface area contributed by atoms with Crippen molar-refractivity contribution in [1.82, 2.24) is 14.4 Å². The standard InChI is InChI=1S/C26H26F3N3O2/c1-3-15-31(25(34)21-11-13-22(14-12-21)26(27,28)29)19-24(33)32(17-20-8-5-4-6-9-20)18-23-10-7-16-30(23)2/h3-14,16H,1,15,17-19H2,2H3. The number of carbonyl (C=O) groups excluding carboxylic acids is 2. The molecule has 0 aliphatic heterocycles. The number of hydrogen-bond donors (Lipinski definition) is 0. The maximum atomic E-state index is 13.3. The van der Waals surface area contributed by atoms with Gasteiger partial charge in [-0.05, 0) is 42.0 Å². The van der Waals surface area contributed by atoms with E-state index in [1.54, 1.807) is 4.90 Å². The van der Waals surface area contributed by atoms with Gasteiger partial charge in [-0.3, -0.25) is 9.59 Å². The molecule has 2 amide bonds. The number of aromatic nitrogens is 1. The molecule has 0 aliphatic carbocycles. The molecule has 0 bridgehead atoms. The highest BCUT2D eigenvalue weighted by atomic mass is 19.4. The van der Waals surface area contributed by atoms with Crippen molar-refractivity contribution >= 4 is 11.8 Å². The molecule has 1 aromatic heterocycles. The van der Waals surface area contributed by atoms with E-state index in [1.165, 1.54) is 11.0 Å². The van der Waals surface area contributed by atoms with E-state index in [1.807, 2.05) is 60.3 Å². The number of aryl methyl sites for hydroxylation is 1. The first-order valence-corrected chi connectivity index (χ1v) is 10.7. The van der Waals surface area contributed by atoms with Crippen LogP contribution in [0.15, 0.2) is 85.6 Å². The van der Waals surface area contributed by atoms with Gasteiger partial charge in [0.2, 0.25) is 5.91 Å². The molecule has 0 aliphatic rings. The molecule has 3 rings (SSSR count). The maximum Gasteiger partial charge on any atom is 0.416 e. The SMILES string of the molecule is C=CCN(CC(=O)N(Cc1ccccc1)Cc1cccn1C)C(=O)c1ccc(C(F)(F)F)cc1. The first-order valence-electron chi connectivity index (χ1n) is 10.7. The molecule has 5 nitrogen and oxygen atoms in total. The van der Waals surface area contributed by atoms with Crippen molar-refractivity contribution in [1.29, 1.82) is 0 Å². The van der Waals surface area contributed by atoms with Crippen LogP contribution in [0, 0.1) is 0 Å². The van der Waals surface area contributed by atoms with Gasteiger partial charge in [-0.25, -0.2) is 0 Å². The molecule has 0 atom stereocenters. The minimum Gasteiger partial charge on any atom is -0.353 e. The van der Waals surface area contributed by atoms with E-state index in [4.69, 9.17) is 0 Å². The van der Waals surface area contributed by atoms with Gasteiger partial charge in [-0.1, -0.05) is 36.4 Å². The topological polar surface area (TPSA) is 45.6 Å². The van der Waals surface area contributed by atoms with Gasteiger partial charge in [0.25, 0.3) is 5.91 Å². The third-order valence-electron chi connectivity index (χ3n) is 5.40. The Morgan fingerprint density at radius 1 is 0.941 bits per heavy atom. The van der Waals surface area contributed by atoms with Gasteiger partial charge in [0.05, 0.1) is 12.1 Å². The van der Waals surface area contributed by atoms with E-state index in [9.17, 15) is 22.8 Å². The summed E-state index contributed by atoms with van der Waals surface area (Å²) in [6, 6.07) is 17.3. The molecule has 0 radical (unpaired) electrons. The Hall–Kier alpha value is -3.81. The fraction of sp³-hybridized carbons (Fsp3) is 0.231. The Kier molecular flexibility index (Phi) is 7.94. The van der Waals surface area contributed by atoms with Gasteiger partial charge in [0, 0.05) is 37.6 Å². The first-order chi connectivity index (χ1) is 16.2. The zero-order valence-electron chi connectivity index (χ0n) is 18.8. The van der Waals surface area contributed by atoms with Crippen molar-refractivity contribution < 1.29 is 22.8 Å². The smallest absolute Gasteiger partial charge is 0.353 e. The summed E-state index contributed by atoms with van der Waals surface area (Å²) >= 11 is 0. The second-order valence-electron chi connectivity index (χ2n) is 7.90. The molecule has 0 N–H and O–H groups in total. The van der Waals surface area contributed by atoms with Crippen LogP contribution in [-0.2, 0) is 31.1 Å². The van der Waals surface area contributed by atoms with Crippen molar-refractivity contribution in [2.24, 2.45) is 7.05 Å². The van der Waals surface area contributed by atoms with Crippen LogP contribution in [0.5, 0.6) is 0 Å². The number of amides is 2. The van der Waals surface area contributed by atoms with E-state index in [-0.39, 0.29) is 24.6 Å². The molecule has 0 fully saturated rings. The lowest BCUT2D eigenvalue weighted by Gasteiger charge is -2.27. The normalized spacial score (nSPS) is 11.2.